The van der Waals surface area contributed by atoms with Gasteiger partial charge in [-0.15, -0.1) is 0 Å². The molecule has 0 aromatic heterocycles. The lowest BCUT2D eigenvalue weighted by Gasteiger charge is -2.06. The SMILES string of the molecule is CC(=O)NCc1ccc(C(Cl)=NO)cc1Cl. The van der Waals surface area contributed by atoms with E-state index < -0.39 is 0 Å². The maximum atomic E-state index is 10.7. The molecule has 0 saturated carbocycles. The van der Waals surface area contributed by atoms with Crippen LogP contribution in [0.5, 0.6) is 0 Å². The summed E-state index contributed by atoms with van der Waals surface area (Å²) in [6.45, 7) is 1.78. The lowest BCUT2D eigenvalue weighted by molar-refractivity contribution is -0.119. The number of benzene rings is 1. The molecule has 1 aromatic rings. The molecule has 0 bridgehead atoms. The van der Waals surface area contributed by atoms with E-state index in [1.165, 1.54) is 6.92 Å². The number of amides is 1. The van der Waals surface area contributed by atoms with Gasteiger partial charge in [-0.3, -0.25) is 4.79 Å². The number of hydrogen-bond donors (Lipinski definition) is 2. The number of rotatable bonds is 3. The van der Waals surface area contributed by atoms with Crippen LogP contribution < -0.4 is 5.32 Å². The molecule has 0 spiro atoms. The number of carbonyl (C=O) groups excluding carboxylic acids is 1. The number of hydrogen-bond acceptors (Lipinski definition) is 3. The second kappa shape index (κ2) is 5.72. The second-order valence-electron chi connectivity index (χ2n) is 3.11. The molecule has 1 rings (SSSR count). The second-order valence-corrected chi connectivity index (χ2v) is 3.87. The van der Waals surface area contributed by atoms with E-state index in [9.17, 15) is 4.79 Å². The fraction of sp³-hybridized carbons (Fsp3) is 0.200. The van der Waals surface area contributed by atoms with Crippen molar-refractivity contribution in [3.8, 4) is 0 Å². The first-order valence-electron chi connectivity index (χ1n) is 4.45. The Labute approximate surface area is 103 Å². The third kappa shape index (κ3) is 3.40. The van der Waals surface area contributed by atoms with Crippen molar-refractivity contribution in [1.82, 2.24) is 5.32 Å². The van der Waals surface area contributed by atoms with E-state index in [1.54, 1.807) is 18.2 Å². The van der Waals surface area contributed by atoms with Gasteiger partial charge in [0.2, 0.25) is 5.91 Å². The van der Waals surface area contributed by atoms with Gasteiger partial charge in [-0.1, -0.05) is 40.5 Å². The molecular formula is C10H10Cl2N2O2. The van der Waals surface area contributed by atoms with Crippen LogP contribution in [0.25, 0.3) is 0 Å². The summed E-state index contributed by atoms with van der Waals surface area (Å²) >= 11 is 11.6. The Morgan fingerprint density at radius 1 is 1.56 bits per heavy atom. The summed E-state index contributed by atoms with van der Waals surface area (Å²) in [5.74, 6) is -0.130. The molecule has 0 aliphatic heterocycles. The average molecular weight is 261 g/mol. The number of halogens is 2. The van der Waals surface area contributed by atoms with Gasteiger partial charge in [0, 0.05) is 24.1 Å². The van der Waals surface area contributed by atoms with Gasteiger partial charge in [0.15, 0.2) is 5.17 Å². The largest absolute Gasteiger partial charge is 0.410 e. The van der Waals surface area contributed by atoms with Crippen molar-refractivity contribution in [3.63, 3.8) is 0 Å². The molecule has 0 saturated heterocycles. The molecular weight excluding hydrogens is 251 g/mol. The van der Waals surface area contributed by atoms with Crippen LogP contribution in [-0.2, 0) is 11.3 Å². The molecule has 16 heavy (non-hydrogen) atoms. The normalized spacial score (nSPS) is 11.3. The van der Waals surface area contributed by atoms with Crippen molar-refractivity contribution in [2.75, 3.05) is 0 Å². The highest BCUT2D eigenvalue weighted by molar-refractivity contribution is 6.69. The van der Waals surface area contributed by atoms with Gasteiger partial charge in [-0.25, -0.2) is 0 Å². The minimum atomic E-state index is -0.130. The summed E-state index contributed by atoms with van der Waals surface area (Å²) in [5.41, 5.74) is 1.28. The smallest absolute Gasteiger partial charge is 0.217 e. The van der Waals surface area contributed by atoms with Crippen LogP contribution in [0.4, 0.5) is 0 Å². The Morgan fingerprint density at radius 2 is 2.25 bits per heavy atom. The molecule has 86 valence electrons. The van der Waals surface area contributed by atoms with E-state index in [-0.39, 0.29) is 11.1 Å². The molecule has 0 radical (unpaired) electrons. The highest BCUT2D eigenvalue weighted by atomic mass is 35.5. The van der Waals surface area contributed by atoms with Crippen LogP contribution in [0.1, 0.15) is 18.1 Å². The summed E-state index contributed by atoms with van der Waals surface area (Å²) in [7, 11) is 0. The molecule has 6 heteroatoms. The maximum Gasteiger partial charge on any atom is 0.217 e. The minimum Gasteiger partial charge on any atom is -0.410 e. The van der Waals surface area contributed by atoms with E-state index >= 15 is 0 Å². The van der Waals surface area contributed by atoms with Gasteiger partial charge >= 0.3 is 0 Å². The van der Waals surface area contributed by atoms with Gasteiger partial charge < -0.3 is 10.5 Å². The zero-order valence-corrected chi connectivity index (χ0v) is 10.0. The van der Waals surface area contributed by atoms with E-state index in [2.05, 4.69) is 10.5 Å². The van der Waals surface area contributed by atoms with Crippen LogP contribution in [-0.4, -0.2) is 16.3 Å². The lowest BCUT2D eigenvalue weighted by atomic mass is 10.1. The van der Waals surface area contributed by atoms with Crippen molar-refractivity contribution in [2.45, 2.75) is 13.5 Å². The van der Waals surface area contributed by atoms with E-state index in [0.29, 0.717) is 17.1 Å². The van der Waals surface area contributed by atoms with Crippen LogP contribution in [0.15, 0.2) is 23.4 Å². The molecule has 0 aliphatic carbocycles. The first-order chi connectivity index (χ1) is 7.54. The maximum absolute atomic E-state index is 10.7. The van der Waals surface area contributed by atoms with Crippen molar-refractivity contribution < 1.29 is 10.0 Å². The molecule has 0 aliphatic rings. The fourth-order valence-electron chi connectivity index (χ4n) is 1.10. The van der Waals surface area contributed by atoms with Crippen molar-refractivity contribution in [2.24, 2.45) is 5.16 Å². The number of nitrogens with zero attached hydrogens (tertiary/aromatic N) is 1. The Kier molecular flexibility index (Phi) is 4.58. The number of carbonyl (C=O) groups is 1. The summed E-state index contributed by atoms with van der Waals surface area (Å²) in [5, 5.41) is 14.4. The molecule has 2 N–H and O–H groups in total. The number of nitrogens with one attached hydrogen (secondary N) is 1. The Morgan fingerprint density at radius 3 is 2.75 bits per heavy atom. The summed E-state index contributed by atoms with van der Waals surface area (Å²) in [4.78, 5) is 10.7. The monoisotopic (exact) mass is 260 g/mol. The van der Waals surface area contributed by atoms with Crippen molar-refractivity contribution in [3.05, 3.63) is 34.3 Å². The third-order valence-corrected chi connectivity index (χ3v) is 2.55. The molecule has 1 amide bonds. The van der Waals surface area contributed by atoms with Gasteiger partial charge in [-0.05, 0) is 11.6 Å². The van der Waals surface area contributed by atoms with Gasteiger partial charge in [0.05, 0.1) is 0 Å². The van der Waals surface area contributed by atoms with E-state index in [0.717, 1.165) is 5.56 Å². The number of oxime groups is 1. The van der Waals surface area contributed by atoms with E-state index in [4.69, 9.17) is 28.4 Å². The van der Waals surface area contributed by atoms with E-state index in [1.807, 2.05) is 0 Å². The van der Waals surface area contributed by atoms with Crippen molar-refractivity contribution in [1.29, 1.82) is 0 Å². The third-order valence-electron chi connectivity index (χ3n) is 1.91. The van der Waals surface area contributed by atoms with Crippen LogP contribution in [0, 0.1) is 0 Å². The Balaban J connectivity index is 2.87. The zero-order chi connectivity index (χ0) is 12.1. The standard InChI is InChI=1S/C10H10Cl2N2O2/c1-6(15)13-5-8-3-2-7(4-9(8)11)10(12)14-16/h2-4,16H,5H2,1H3,(H,13,15). The predicted molar refractivity (Wildman–Crippen MR) is 63.1 cm³/mol. The predicted octanol–water partition coefficient (Wildman–Crippen LogP) is 2.35. The fourth-order valence-corrected chi connectivity index (χ4v) is 1.46. The van der Waals surface area contributed by atoms with Gasteiger partial charge in [-0.2, -0.15) is 0 Å². The summed E-state index contributed by atoms with van der Waals surface area (Å²) in [6, 6.07) is 4.94. The Hall–Kier alpha value is -1.26. The van der Waals surface area contributed by atoms with Crippen LogP contribution >= 0.6 is 23.2 Å². The first-order valence-corrected chi connectivity index (χ1v) is 5.21. The molecule has 0 fully saturated rings. The quantitative estimate of drug-likeness (QED) is 0.498. The topological polar surface area (TPSA) is 61.7 Å². The van der Waals surface area contributed by atoms with Gasteiger partial charge in [0.25, 0.3) is 0 Å². The molecule has 0 atom stereocenters. The van der Waals surface area contributed by atoms with Crippen molar-refractivity contribution >= 4 is 34.3 Å². The molecule has 4 nitrogen and oxygen atoms in total. The molecule has 1 aromatic carbocycles. The lowest BCUT2D eigenvalue weighted by Crippen LogP contribution is -2.19. The summed E-state index contributed by atoms with van der Waals surface area (Å²) < 4.78 is 0. The van der Waals surface area contributed by atoms with Crippen LogP contribution in [0.2, 0.25) is 5.02 Å². The average Bonchev–Trinajstić information content (AvgIpc) is 2.26. The van der Waals surface area contributed by atoms with Gasteiger partial charge in [0.1, 0.15) is 0 Å². The zero-order valence-electron chi connectivity index (χ0n) is 8.50. The Bertz CT molecular complexity index is 433. The summed E-state index contributed by atoms with van der Waals surface area (Å²) in [6.07, 6.45) is 0. The first kappa shape index (κ1) is 12.8. The highest BCUT2D eigenvalue weighted by Gasteiger charge is 2.06. The highest BCUT2D eigenvalue weighted by Crippen LogP contribution is 2.19. The molecule has 0 heterocycles. The minimum absolute atomic E-state index is 0.0343. The molecule has 0 unspecified atom stereocenters. The van der Waals surface area contributed by atoms with Crippen LogP contribution in [0.3, 0.4) is 0 Å².